The molecule has 1 rings (SSSR count). The van der Waals surface area contributed by atoms with E-state index in [1.807, 2.05) is 25.1 Å². The minimum Gasteiger partial charge on any atom is -0.492 e. The van der Waals surface area contributed by atoms with Crippen LogP contribution in [0, 0.1) is 0 Å². The molecule has 1 aromatic rings. The lowest BCUT2D eigenvalue weighted by atomic mass is 10.0. The van der Waals surface area contributed by atoms with Crippen molar-refractivity contribution in [3.05, 3.63) is 18.2 Å². The Bertz CT molecular complexity index is 389. The van der Waals surface area contributed by atoms with Crippen molar-refractivity contribution in [1.82, 2.24) is 4.90 Å². The molecule has 0 saturated heterocycles. The molecule has 0 aliphatic carbocycles. The molecule has 0 bridgehead atoms. The van der Waals surface area contributed by atoms with E-state index in [4.69, 9.17) is 10.5 Å². The van der Waals surface area contributed by atoms with Gasteiger partial charge in [0, 0.05) is 23.8 Å². The number of hydrogen-bond acceptors (Lipinski definition) is 4. The van der Waals surface area contributed by atoms with Gasteiger partial charge in [0.05, 0.1) is 12.3 Å². The first kappa shape index (κ1) is 14.6. The molecule has 0 amide bonds. The second kappa shape index (κ2) is 5.96. The van der Waals surface area contributed by atoms with Crippen molar-refractivity contribution in [3.8, 4) is 5.75 Å². The maximum Gasteiger partial charge on any atom is 0.144 e. The summed E-state index contributed by atoms with van der Waals surface area (Å²) in [4.78, 5) is 2.20. The monoisotopic (exact) mass is 251 g/mol. The molecule has 102 valence electrons. The van der Waals surface area contributed by atoms with Gasteiger partial charge in [-0.2, -0.15) is 0 Å². The van der Waals surface area contributed by atoms with E-state index in [1.165, 1.54) is 0 Å². The Morgan fingerprint density at radius 2 is 2.00 bits per heavy atom. The van der Waals surface area contributed by atoms with Crippen molar-refractivity contribution < 1.29 is 4.74 Å². The summed E-state index contributed by atoms with van der Waals surface area (Å²) < 4.78 is 5.48. The third-order valence-electron chi connectivity index (χ3n) is 3.25. The van der Waals surface area contributed by atoms with E-state index in [9.17, 15) is 0 Å². The molecule has 18 heavy (non-hydrogen) atoms. The third kappa shape index (κ3) is 3.81. The highest BCUT2D eigenvalue weighted by atomic mass is 16.5. The van der Waals surface area contributed by atoms with Gasteiger partial charge in [-0.05, 0) is 47.0 Å². The number of benzene rings is 1. The number of likely N-dealkylation sites (N-methyl/N-ethyl adjacent to an activating group) is 1. The van der Waals surface area contributed by atoms with E-state index in [-0.39, 0.29) is 5.54 Å². The van der Waals surface area contributed by atoms with Crippen LogP contribution in [0.25, 0.3) is 0 Å². The first-order chi connectivity index (χ1) is 8.36. The Kier molecular flexibility index (Phi) is 4.84. The molecular weight excluding hydrogens is 226 g/mol. The zero-order chi connectivity index (χ0) is 13.8. The lowest BCUT2D eigenvalue weighted by Gasteiger charge is -2.33. The summed E-state index contributed by atoms with van der Waals surface area (Å²) in [5.41, 5.74) is 7.64. The van der Waals surface area contributed by atoms with E-state index in [0.717, 1.165) is 18.0 Å². The van der Waals surface area contributed by atoms with Crippen molar-refractivity contribution in [2.24, 2.45) is 0 Å². The molecule has 4 nitrogen and oxygen atoms in total. The van der Waals surface area contributed by atoms with Crippen molar-refractivity contribution in [1.29, 1.82) is 0 Å². The molecule has 0 atom stereocenters. The number of ether oxygens (including phenoxy) is 1. The van der Waals surface area contributed by atoms with Gasteiger partial charge in [0.25, 0.3) is 0 Å². The maximum atomic E-state index is 5.84. The van der Waals surface area contributed by atoms with Crippen LogP contribution in [-0.4, -0.2) is 37.7 Å². The van der Waals surface area contributed by atoms with Crippen LogP contribution in [0.3, 0.4) is 0 Å². The summed E-state index contributed by atoms with van der Waals surface area (Å²) in [6, 6.07) is 5.80. The normalized spacial score (nSPS) is 11.7. The smallest absolute Gasteiger partial charge is 0.144 e. The highest BCUT2D eigenvalue weighted by Crippen LogP contribution is 2.26. The van der Waals surface area contributed by atoms with Gasteiger partial charge < -0.3 is 20.7 Å². The fourth-order valence-electron chi connectivity index (χ4n) is 1.40. The van der Waals surface area contributed by atoms with Crippen LogP contribution in [0.1, 0.15) is 20.8 Å². The van der Waals surface area contributed by atoms with Crippen LogP contribution in [0.4, 0.5) is 11.4 Å². The second-order valence-corrected chi connectivity index (χ2v) is 5.25. The average molecular weight is 251 g/mol. The van der Waals surface area contributed by atoms with Crippen LogP contribution < -0.4 is 15.8 Å². The molecule has 0 radical (unpaired) electrons. The van der Waals surface area contributed by atoms with Gasteiger partial charge in [-0.25, -0.2) is 0 Å². The largest absolute Gasteiger partial charge is 0.492 e. The molecule has 0 unspecified atom stereocenters. The van der Waals surface area contributed by atoms with Crippen molar-refractivity contribution in [3.63, 3.8) is 0 Å². The summed E-state index contributed by atoms with van der Waals surface area (Å²) in [7, 11) is 4.16. The fourth-order valence-corrected chi connectivity index (χ4v) is 1.40. The summed E-state index contributed by atoms with van der Waals surface area (Å²) in [5.74, 6) is 0.741. The van der Waals surface area contributed by atoms with E-state index >= 15 is 0 Å². The van der Waals surface area contributed by atoms with Gasteiger partial charge in [-0.1, -0.05) is 0 Å². The average Bonchev–Trinajstić information content (AvgIpc) is 2.30. The van der Waals surface area contributed by atoms with Crippen LogP contribution >= 0.6 is 0 Å². The van der Waals surface area contributed by atoms with Crippen LogP contribution in [0.5, 0.6) is 5.75 Å². The third-order valence-corrected chi connectivity index (χ3v) is 3.25. The fraction of sp³-hybridized carbons (Fsp3) is 0.571. The number of nitrogens with zero attached hydrogens (tertiary/aromatic N) is 1. The number of hydrogen-bond donors (Lipinski definition) is 2. The van der Waals surface area contributed by atoms with Crippen LogP contribution in [-0.2, 0) is 0 Å². The minimum absolute atomic E-state index is 0.0904. The highest BCUT2D eigenvalue weighted by Gasteiger charge is 2.19. The number of rotatable bonds is 6. The first-order valence-corrected chi connectivity index (χ1v) is 6.30. The zero-order valence-electron chi connectivity index (χ0n) is 12.1. The van der Waals surface area contributed by atoms with Crippen molar-refractivity contribution >= 4 is 11.4 Å². The van der Waals surface area contributed by atoms with Gasteiger partial charge in [0.15, 0.2) is 0 Å². The predicted molar refractivity (Wildman–Crippen MR) is 78.3 cm³/mol. The van der Waals surface area contributed by atoms with Crippen LogP contribution in [0.15, 0.2) is 18.2 Å². The quantitative estimate of drug-likeness (QED) is 0.762. The summed E-state index contributed by atoms with van der Waals surface area (Å²) in [6.07, 6.45) is 0. The minimum atomic E-state index is 0.0904. The topological polar surface area (TPSA) is 50.5 Å². The van der Waals surface area contributed by atoms with Gasteiger partial charge in [0.2, 0.25) is 0 Å². The van der Waals surface area contributed by atoms with Crippen LogP contribution in [0.2, 0.25) is 0 Å². The molecule has 0 saturated carbocycles. The van der Waals surface area contributed by atoms with E-state index < -0.39 is 0 Å². The Hall–Kier alpha value is -1.42. The molecule has 0 heterocycles. The summed E-state index contributed by atoms with van der Waals surface area (Å²) in [5, 5.41) is 3.42. The Morgan fingerprint density at radius 3 is 2.56 bits per heavy atom. The first-order valence-electron chi connectivity index (χ1n) is 6.30. The van der Waals surface area contributed by atoms with Gasteiger partial charge in [-0.3, -0.25) is 0 Å². The standard InChI is InChI=1S/C14H25N3O/c1-6-18-13-9-11(7-8-12(13)15)16-10-14(2,3)17(4)5/h7-9,16H,6,10,15H2,1-5H3. The lowest BCUT2D eigenvalue weighted by Crippen LogP contribution is -2.44. The number of anilines is 2. The Balaban J connectivity index is 2.71. The molecule has 0 fully saturated rings. The molecule has 0 aromatic heterocycles. The van der Waals surface area contributed by atoms with Crippen molar-refractivity contribution in [2.75, 3.05) is 38.3 Å². The molecule has 0 aliphatic rings. The molecule has 3 N–H and O–H groups in total. The Morgan fingerprint density at radius 1 is 1.33 bits per heavy atom. The van der Waals surface area contributed by atoms with E-state index in [2.05, 4.69) is 38.2 Å². The number of nitrogen functional groups attached to an aromatic ring is 1. The maximum absolute atomic E-state index is 5.84. The van der Waals surface area contributed by atoms with Gasteiger partial charge >= 0.3 is 0 Å². The van der Waals surface area contributed by atoms with Gasteiger partial charge in [-0.15, -0.1) is 0 Å². The SMILES string of the molecule is CCOc1cc(NCC(C)(C)N(C)C)ccc1N. The lowest BCUT2D eigenvalue weighted by molar-refractivity contribution is 0.210. The Labute approximate surface area is 110 Å². The van der Waals surface area contributed by atoms with Crippen molar-refractivity contribution in [2.45, 2.75) is 26.3 Å². The predicted octanol–water partition coefficient (Wildman–Crippen LogP) is 2.42. The number of nitrogens with one attached hydrogen (secondary N) is 1. The van der Waals surface area contributed by atoms with E-state index in [1.54, 1.807) is 0 Å². The molecule has 4 heteroatoms. The highest BCUT2D eigenvalue weighted by molar-refractivity contribution is 5.61. The number of nitrogens with two attached hydrogens (primary N) is 1. The summed E-state index contributed by atoms with van der Waals surface area (Å²) >= 11 is 0. The van der Waals surface area contributed by atoms with Gasteiger partial charge in [0.1, 0.15) is 5.75 Å². The van der Waals surface area contributed by atoms with E-state index in [0.29, 0.717) is 12.3 Å². The molecule has 0 aliphatic heterocycles. The summed E-state index contributed by atoms with van der Waals surface area (Å²) in [6.45, 7) is 7.82. The molecular formula is C14H25N3O. The molecule has 0 spiro atoms. The second-order valence-electron chi connectivity index (χ2n) is 5.25. The zero-order valence-corrected chi connectivity index (χ0v) is 12.1. The molecule has 1 aromatic carbocycles.